The van der Waals surface area contributed by atoms with Crippen molar-refractivity contribution in [3.63, 3.8) is 0 Å². The van der Waals surface area contributed by atoms with Crippen molar-refractivity contribution in [1.82, 2.24) is 35.6 Å². The lowest BCUT2D eigenvalue weighted by atomic mass is 9.94. The number of aryl methyl sites for hydroxylation is 2. The third-order valence-corrected chi connectivity index (χ3v) is 13.6. The molecule has 3 fully saturated rings. The van der Waals surface area contributed by atoms with E-state index < -0.39 is 29.7 Å². The number of H-pyrrole nitrogens is 1. The number of nitrogens with one attached hydrogen (secondary N) is 5. The molecule has 0 radical (unpaired) electrons. The Kier molecular flexibility index (Phi) is 14.8. The van der Waals surface area contributed by atoms with Gasteiger partial charge in [0.2, 0.25) is 17.7 Å². The molecule has 1 unspecified atom stereocenters. The predicted molar refractivity (Wildman–Crippen MR) is 258 cm³/mol. The second kappa shape index (κ2) is 21.1. The number of carbonyl (C=O) groups excluding carboxylic acids is 6. The Morgan fingerprint density at radius 2 is 1.60 bits per heavy atom. The number of carbonyl (C=O) groups is 6. The number of aromatic nitrogens is 1. The van der Waals surface area contributed by atoms with Gasteiger partial charge in [0.05, 0.1) is 17.7 Å². The van der Waals surface area contributed by atoms with Crippen LogP contribution in [0.5, 0.6) is 0 Å². The normalized spacial score (nSPS) is 17.9. The van der Waals surface area contributed by atoms with Crippen LogP contribution in [0.15, 0.2) is 65.5 Å². The van der Waals surface area contributed by atoms with Gasteiger partial charge < -0.3 is 35.5 Å². The molecule has 4 aliphatic rings. The second-order valence-corrected chi connectivity index (χ2v) is 18.1. The Bertz CT molecular complexity index is 2650. The fraction of sp³-hybridized carbons (Fsp3) is 0.431. The van der Waals surface area contributed by atoms with E-state index in [1.807, 2.05) is 37.8 Å². The quantitative estimate of drug-likeness (QED) is 0.0808. The first kappa shape index (κ1) is 47.8. The Balaban J connectivity index is 0.839. The molecule has 4 aliphatic heterocycles. The molecule has 6 amide bonds. The first-order valence-corrected chi connectivity index (χ1v) is 23.7. The Morgan fingerprint density at radius 3 is 2.31 bits per heavy atom. The molecule has 0 spiro atoms. The van der Waals surface area contributed by atoms with Crippen LogP contribution in [0.25, 0.3) is 11.1 Å². The maximum absolute atomic E-state index is 14.0. The van der Waals surface area contributed by atoms with Gasteiger partial charge in [-0.15, -0.1) is 0 Å². The lowest BCUT2D eigenvalue weighted by Gasteiger charge is -2.37. The van der Waals surface area contributed by atoms with Crippen LogP contribution in [0.1, 0.15) is 91.6 Å². The molecule has 8 rings (SSSR count). The minimum Gasteiger partial charge on any atom is -0.383 e. The van der Waals surface area contributed by atoms with Crippen molar-refractivity contribution in [2.75, 3.05) is 75.8 Å². The number of piperidine rings is 1. The fourth-order valence-corrected chi connectivity index (χ4v) is 9.86. The number of nitrogens with zero attached hydrogens (tertiary/aromatic N) is 4. The average molecular weight is 928 g/mol. The molecule has 3 saturated heterocycles. The number of piperazine rings is 1. The Hall–Kier alpha value is -6.69. The molecule has 4 aromatic rings. The highest BCUT2D eigenvalue weighted by molar-refractivity contribution is 6.25. The smallest absolute Gasteiger partial charge is 0.264 e. The summed E-state index contributed by atoms with van der Waals surface area (Å²) in [5, 5.41) is 11.6. The van der Waals surface area contributed by atoms with Crippen LogP contribution >= 0.6 is 0 Å². The van der Waals surface area contributed by atoms with Gasteiger partial charge in [-0.3, -0.25) is 48.7 Å². The summed E-state index contributed by atoms with van der Waals surface area (Å²) in [7, 11) is 0. The van der Waals surface area contributed by atoms with E-state index in [2.05, 4.69) is 73.3 Å². The summed E-state index contributed by atoms with van der Waals surface area (Å²) in [5.41, 5.74) is 8.34. The third kappa shape index (κ3) is 10.4. The lowest BCUT2D eigenvalue weighted by Crippen LogP contribution is -2.54. The van der Waals surface area contributed by atoms with E-state index in [1.165, 1.54) is 0 Å². The van der Waals surface area contributed by atoms with Crippen LogP contribution in [-0.4, -0.2) is 133 Å². The molecule has 17 heteroatoms. The minimum atomic E-state index is -1.04. The summed E-state index contributed by atoms with van der Waals surface area (Å²) in [5.74, 6) is -2.46. The number of ether oxygens (including phenoxy) is 1. The first-order chi connectivity index (χ1) is 32.8. The van der Waals surface area contributed by atoms with E-state index >= 15 is 0 Å². The number of benzene rings is 3. The zero-order valence-corrected chi connectivity index (χ0v) is 39.3. The number of aromatic amines is 1. The van der Waals surface area contributed by atoms with Crippen LogP contribution in [0.4, 0.5) is 11.4 Å². The Labute approximate surface area is 396 Å². The average Bonchev–Trinajstić information content (AvgIpc) is 3.58. The second-order valence-electron chi connectivity index (χ2n) is 18.1. The van der Waals surface area contributed by atoms with E-state index in [0.29, 0.717) is 62.2 Å². The maximum atomic E-state index is 14.0. The fourth-order valence-electron chi connectivity index (χ4n) is 9.86. The van der Waals surface area contributed by atoms with Gasteiger partial charge in [0.1, 0.15) is 6.04 Å². The van der Waals surface area contributed by atoms with Crippen molar-refractivity contribution in [2.45, 2.75) is 78.6 Å². The van der Waals surface area contributed by atoms with E-state index in [-0.39, 0.29) is 54.4 Å². The maximum Gasteiger partial charge on any atom is 0.264 e. The van der Waals surface area contributed by atoms with Gasteiger partial charge in [-0.1, -0.05) is 30.3 Å². The van der Waals surface area contributed by atoms with Crippen molar-refractivity contribution in [3.8, 4) is 11.1 Å². The van der Waals surface area contributed by atoms with Crippen molar-refractivity contribution >= 4 is 46.8 Å². The number of pyridine rings is 1. The molecule has 358 valence electrons. The zero-order chi connectivity index (χ0) is 48.1. The SMILES string of the molecule is CCN(c1cc(-c2ccc(CN3CCN(C(=O)CNCCNc4cccc5c4C(=O)N(C4CCC(=O)NC4=O)C5=O)CC3)cc2)cc(C(=O)NCc2c(C)cc(C)[nH]c2=O)c1C)C1CCOCC1. The van der Waals surface area contributed by atoms with Crippen molar-refractivity contribution < 1.29 is 33.5 Å². The number of imide groups is 2. The van der Waals surface area contributed by atoms with Gasteiger partial charge in [-0.2, -0.15) is 0 Å². The van der Waals surface area contributed by atoms with Gasteiger partial charge >= 0.3 is 0 Å². The molecule has 5 heterocycles. The summed E-state index contributed by atoms with van der Waals surface area (Å²) in [6.45, 7) is 14.5. The highest BCUT2D eigenvalue weighted by Gasteiger charge is 2.45. The van der Waals surface area contributed by atoms with Gasteiger partial charge in [0.25, 0.3) is 23.3 Å². The molecule has 0 saturated carbocycles. The monoisotopic (exact) mass is 927 g/mol. The number of hydrogen-bond donors (Lipinski definition) is 5. The molecule has 1 atom stereocenters. The number of fused-ring (bicyclic) bond motifs is 1. The molecule has 0 bridgehead atoms. The molecule has 1 aromatic heterocycles. The largest absolute Gasteiger partial charge is 0.383 e. The standard InChI is InChI=1S/C51H61N9O8/c1-5-59(37-15-23-68-24-16-37)43-27-36(26-39(33(43)4)47(63)54-28-40-31(2)25-32(3)55-48(40)64)35-11-9-34(10-12-35)30-57-19-21-58(22-20-57)45(62)29-52-17-18-53-41-8-6-7-38-46(41)51(67)60(50(38)66)42-13-14-44(61)56-49(42)65/h6-12,25-27,37,42,52-53H,5,13-24,28-30H2,1-4H3,(H,54,63)(H,55,64)(H,56,61,65). The number of rotatable bonds is 16. The van der Waals surface area contributed by atoms with Gasteiger partial charge in [-0.05, 0) is 105 Å². The Morgan fingerprint density at radius 1 is 0.853 bits per heavy atom. The van der Waals surface area contributed by atoms with Crippen LogP contribution < -0.4 is 31.7 Å². The molecule has 17 nitrogen and oxygen atoms in total. The van der Waals surface area contributed by atoms with E-state index in [4.69, 9.17) is 4.74 Å². The summed E-state index contributed by atoms with van der Waals surface area (Å²) in [6, 6.07) is 18.7. The highest BCUT2D eigenvalue weighted by atomic mass is 16.5. The van der Waals surface area contributed by atoms with Gasteiger partial charge in [0.15, 0.2) is 0 Å². The predicted octanol–water partition coefficient (Wildman–Crippen LogP) is 3.65. The van der Waals surface area contributed by atoms with E-state index in [1.54, 1.807) is 18.2 Å². The molecule has 0 aliphatic carbocycles. The third-order valence-electron chi connectivity index (χ3n) is 13.6. The first-order valence-electron chi connectivity index (χ1n) is 23.7. The molecule has 3 aromatic carbocycles. The molecular weight excluding hydrogens is 867 g/mol. The van der Waals surface area contributed by atoms with Gasteiger partial charge in [-0.25, -0.2) is 0 Å². The van der Waals surface area contributed by atoms with Gasteiger partial charge in [0, 0.05) is 113 Å². The summed E-state index contributed by atoms with van der Waals surface area (Å²) in [6.07, 6.45) is 1.95. The number of anilines is 2. The zero-order valence-electron chi connectivity index (χ0n) is 39.3. The highest BCUT2D eigenvalue weighted by Crippen LogP contribution is 2.35. The molecular formula is C51H61N9O8. The molecule has 5 N–H and O–H groups in total. The van der Waals surface area contributed by atoms with Crippen molar-refractivity contribution in [2.24, 2.45) is 0 Å². The number of amides is 6. The van der Waals surface area contributed by atoms with Crippen LogP contribution in [0.3, 0.4) is 0 Å². The van der Waals surface area contributed by atoms with Crippen LogP contribution in [-0.2, 0) is 32.2 Å². The van der Waals surface area contributed by atoms with Crippen molar-refractivity contribution in [3.05, 3.63) is 116 Å². The summed E-state index contributed by atoms with van der Waals surface area (Å²) >= 11 is 0. The lowest BCUT2D eigenvalue weighted by molar-refractivity contribution is -0.136. The van der Waals surface area contributed by atoms with E-state index in [9.17, 15) is 33.6 Å². The van der Waals surface area contributed by atoms with Crippen LogP contribution in [0, 0.1) is 20.8 Å². The summed E-state index contributed by atoms with van der Waals surface area (Å²) in [4.78, 5) is 101. The topological polar surface area (TPSA) is 206 Å². The minimum absolute atomic E-state index is 0.00170. The molecule has 68 heavy (non-hydrogen) atoms. The van der Waals surface area contributed by atoms with Crippen molar-refractivity contribution in [1.29, 1.82) is 0 Å². The number of hydrogen-bond acceptors (Lipinski definition) is 12. The van der Waals surface area contributed by atoms with Crippen LogP contribution in [0.2, 0.25) is 0 Å². The van der Waals surface area contributed by atoms with E-state index in [0.717, 1.165) is 83.1 Å². The summed E-state index contributed by atoms with van der Waals surface area (Å²) < 4.78 is 5.69.